The van der Waals surface area contributed by atoms with Crippen LogP contribution in [0.15, 0.2) is 18.2 Å². The summed E-state index contributed by atoms with van der Waals surface area (Å²) in [5, 5.41) is 19.2. The average Bonchev–Trinajstić information content (AvgIpc) is 2.72. The molecule has 2 rings (SSSR count). The molecule has 0 spiro atoms. The second kappa shape index (κ2) is 4.85. The zero-order valence-electron chi connectivity index (χ0n) is 9.69. The minimum Gasteiger partial charge on any atom is -0.507 e. The summed E-state index contributed by atoms with van der Waals surface area (Å²) in [5.41, 5.74) is 1.87. The Morgan fingerprint density at radius 1 is 1.44 bits per heavy atom. The van der Waals surface area contributed by atoms with Gasteiger partial charge < -0.3 is 10.2 Å². The number of para-hydroxylation sites is 1. The smallest absolute Gasteiger partial charge is 0.122 e. The van der Waals surface area contributed by atoms with Gasteiger partial charge in [0.2, 0.25) is 0 Å². The van der Waals surface area contributed by atoms with E-state index in [4.69, 9.17) is 0 Å². The molecule has 0 saturated carbocycles. The van der Waals surface area contributed by atoms with Crippen molar-refractivity contribution in [3.8, 4) is 5.75 Å². The number of phenolic OH excluding ortho intramolecular Hbond substituents is 1. The summed E-state index contributed by atoms with van der Waals surface area (Å²) in [6, 6.07) is 6.09. The minimum atomic E-state index is 0.215. The van der Waals surface area contributed by atoms with Crippen LogP contribution in [0, 0.1) is 6.92 Å². The molecule has 1 atom stereocenters. The van der Waals surface area contributed by atoms with Crippen LogP contribution in [0.2, 0.25) is 0 Å². The maximum absolute atomic E-state index is 9.93. The molecule has 1 fully saturated rings. The lowest BCUT2D eigenvalue weighted by Gasteiger charge is -2.23. The SMILES string of the molecule is Cc1cccc(CN2CCC[C@H]2CO)c1O. The quantitative estimate of drug-likeness (QED) is 0.815. The predicted octanol–water partition coefficient (Wildman–Crippen LogP) is 1.66. The Kier molecular flexibility index (Phi) is 3.46. The van der Waals surface area contributed by atoms with Crippen LogP contribution in [-0.4, -0.2) is 34.3 Å². The van der Waals surface area contributed by atoms with E-state index in [1.165, 1.54) is 0 Å². The molecule has 1 aromatic carbocycles. The molecule has 1 aliphatic heterocycles. The van der Waals surface area contributed by atoms with Gasteiger partial charge in [-0.05, 0) is 31.9 Å². The van der Waals surface area contributed by atoms with E-state index >= 15 is 0 Å². The number of hydrogen-bond donors (Lipinski definition) is 2. The average molecular weight is 221 g/mol. The largest absolute Gasteiger partial charge is 0.507 e. The first-order valence-electron chi connectivity index (χ1n) is 5.84. The maximum Gasteiger partial charge on any atom is 0.122 e. The van der Waals surface area contributed by atoms with Crippen LogP contribution < -0.4 is 0 Å². The highest BCUT2D eigenvalue weighted by Crippen LogP contribution is 2.26. The summed E-state index contributed by atoms with van der Waals surface area (Å²) in [6.45, 7) is 3.87. The molecule has 0 unspecified atom stereocenters. The summed E-state index contributed by atoms with van der Waals surface area (Å²) in [7, 11) is 0. The second-order valence-corrected chi connectivity index (χ2v) is 4.53. The van der Waals surface area contributed by atoms with Crippen molar-refractivity contribution < 1.29 is 10.2 Å². The van der Waals surface area contributed by atoms with Crippen LogP contribution in [0.3, 0.4) is 0 Å². The van der Waals surface area contributed by atoms with E-state index in [9.17, 15) is 10.2 Å². The molecule has 3 nitrogen and oxygen atoms in total. The van der Waals surface area contributed by atoms with Crippen molar-refractivity contribution in [1.29, 1.82) is 0 Å². The maximum atomic E-state index is 9.93. The van der Waals surface area contributed by atoms with Gasteiger partial charge in [0.1, 0.15) is 5.75 Å². The highest BCUT2D eigenvalue weighted by molar-refractivity contribution is 5.39. The summed E-state index contributed by atoms with van der Waals surface area (Å²) in [5.74, 6) is 0.395. The number of aryl methyl sites for hydroxylation is 1. The van der Waals surface area contributed by atoms with Crippen molar-refractivity contribution in [2.45, 2.75) is 32.4 Å². The van der Waals surface area contributed by atoms with Crippen molar-refractivity contribution in [1.82, 2.24) is 4.90 Å². The fraction of sp³-hybridized carbons (Fsp3) is 0.538. The molecule has 88 valence electrons. The normalized spacial score (nSPS) is 21.5. The molecule has 16 heavy (non-hydrogen) atoms. The fourth-order valence-electron chi connectivity index (χ4n) is 2.38. The molecule has 1 aromatic rings. The number of nitrogens with zero attached hydrogens (tertiary/aromatic N) is 1. The topological polar surface area (TPSA) is 43.7 Å². The summed E-state index contributed by atoms with van der Waals surface area (Å²) < 4.78 is 0. The molecular weight excluding hydrogens is 202 g/mol. The Hall–Kier alpha value is -1.06. The van der Waals surface area contributed by atoms with Crippen LogP contribution >= 0.6 is 0 Å². The highest BCUT2D eigenvalue weighted by Gasteiger charge is 2.24. The van der Waals surface area contributed by atoms with Gasteiger partial charge in [0.25, 0.3) is 0 Å². The fourth-order valence-corrected chi connectivity index (χ4v) is 2.38. The molecule has 0 aromatic heterocycles. The lowest BCUT2D eigenvalue weighted by molar-refractivity contribution is 0.152. The first-order valence-corrected chi connectivity index (χ1v) is 5.84. The van der Waals surface area contributed by atoms with E-state index in [0.29, 0.717) is 5.75 Å². The van der Waals surface area contributed by atoms with E-state index in [2.05, 4.69) is 4.90 Å². The molecule has 2 N–H and O–H groups in total. The van der Waals surface area contributed by atoms with Crippen LogP contribution in [0.5, 0.6) is 5.75 Å². The van der Waals surface area contributed by atoms with Gasteiger partial charge in [-0.2, -0.15) is 0 Å². The van der Waals surface area contributed by atoms with E-state index in [0.717, 1.165) is 37.1 Å². The van der Waals surface area contributed by atoms with Crippen molar-refractivity contribution in [2.24, 2.45) is 0 Å². The zero-order valence-corrected chi connectivity index (χ0v) is 9.69. The Labute approximate surface area is 96.3 Å². The molecule has 1 heterocycles. The highest BCUT2D eigenvalue weighted by atomic mass is 16.3. The zero-order chi connectivity index (χ0) is 11.5. The molecule has 0 radical (unpaired) electrons. The lowest BCUT2D eigenvalue weighted by Crippen LogP contribution is -2.31. The number of aromatic hydroxyl groups is 1. The van der Waals surface area contributed by atoms with Crippen molar-refractivity contribution in [2.75, 3.05) is 13.2 Å². The van der Waals surface area contributed by atoms with E-state index in [1.807, 2.05) is 25.1 Å². The number of aliphatic hydroxyl groups excluding tert-OH is 1. The minimum absolute atomic E-state index is 0.215. The molecule has 1 saturated heterocycles. The molecule has 1 aliphatic rings. The van der Waals surface area contributed by atoms with E-state index in [-0.39, 0.29) is 12.6 Å². The molecule has 0 amide bonds. The van der Waals surface area contributed by atoms with Gasteiger partial charge in [0, 0.05) is 18.2 Å². The van der Waals surface area contributed by atoms with Crippen molar-refractivity contribution >= 4 is 0 Å². The van der Waals surface area contributed by atoms with Gasteiger partial charge in [-0.3, -0.25) is 4.90 Å². The molecule has 3 heteroatoms. The van der Waals surface area contributed by atoms with Crippen LogP contribution in [0.25, 0.3) is 0 Å². The Bertz CT molecular complexity index is 365. The Morgan fingerprint density at radius 3 is 3.00 bits per heavy atom. The van der Waals surface area contributed by atoms with Gasteiger partial charge in [-0.1, -0.05) is 18.2 Å². The van der Waals surface area contributed by atoms with Crippen LogP contribution in [0.1, 0.15) is 24.0 Å². The monoisotopic (exact) mass is 221 g/mol. The van der Waals surface area contributed by atoms with Crippen LogP contribution in [0.4, 0.5) is 0 Å². The summed E-state index contributed by atoms with van der Waals surface area (Å²) in [4.78, 5) is 2.24. The number of benzene rings is 1. The lowest BCUT2D eigenvalue weighted by atomic mass is 10.1. The molecular formula is C13H19NO2. The Balaban J connectivity index is 2.11. The first-order chi connectivity index (χ1) is 7.72. The summed E-state index contributed by atoms with van der Waals surface area (Å²) >= 11 is 0. The number of aliphatic hydroxyl groups is 1. The predicted molar refractivity (Wildman–Crippen MR) is 63.4 cm³/mol. The summed E-state index contributed by atoms with van der Waals surface area (Å²) in [6.07, 6.45) is 2.20. The standard InChI is InChI=1S/C13H19NO2/c1-10-4-2-5-11(13(10)16)8-14-7-3-6-12(14)9-15/h2,4-5,12,15-16H,3,6-9H2,1H3/t12-/m0/s1. The number of phenols is 1. The van der Waals surface area contributed by atoms with Gasteiger partial charge in [0.15, 0.2) is 0 Å². The van der Waals surface area contributed by atoms with Gasteiger partial charge >= 0.3 is 0 Å². The van der Waals surface area contributed by atoms with Crippen LogP contribution in [-0.2, 0) is 6.54 Å². The number of rotatable bonds is 3. The van der Waals surface area contributed by atoms with Crippen molar-refractivity contribution in [3.05, 3.63) is 29.3 Å². The third-order valence-corrected chi connectivity index (χ3v) is 3.40. The Morgan fingerprint density at radius 2 is 2.25 bits per heavy atom. The van der Waals surface area contributed by atoms with Gasteiger partial charge in [-0.25, -0.2) is 0 Å². The van der Waals surface area contributed by atoms with Gasteiger partial charge in [0.05, 0.1) is 6.61 Å². The third-order valence-electron chi connectivity index (χ3n) is 3.40. The molecule has 0 bridgehead atoms. The number of likely N-dealkylation sites (tertiary alicyclic amines) is 1. The van der Waals surface area contributed by atoms with E-state index in [1.54, 1.807) is 0 Å². The third kappa shape index (κ3) is 2.20. The molecule has 0 aliphatic carbocycles. The van der Waals surface area contributed by atoms with Crippen molar-refractivity contribution in [3.63, 3.8) is 0 Å². The second-order valence-electron chi connectivity index (χ2n) is 4.53. The number of hydrogen-bond acceptors (Lipinski definition) is 3. The van der Waals surface area contributed by atoms with Gasteiger partial charge in [-0.15, -0.1) is 0 Å². The first kappa shape index (κ1) is 11.4. The van der Waals surface area contributed by atoms with E-state index < -0.39 is 0 Å².